The second kappa shape index (κ2) is 7.66. The molecule has 7 heteroatoms. The zero-order valence-electron chi connectivity index (χ0n) is 17.1. The van der Waals surface area contributed by atoms with Gasteiger partial charge in [0, 0.05) is 29.2 Å². The van der Waals surface area contributed by atoms with E-state index in [-0.39, 0.29) is 17.9 Å². The van der Waals surface area contributed by atoms with Gasteiger partial charge in [0.05, 0.1) is 35.5 Å². The van der Waals surface area contributed by atoms with E-state index in [0.29, 0.717) is 34.9 Å². The molecule has 1 saturated carbocycles. The number of carbonyl (C=O) groups excluding carboxylic acids is 1. The van der Waals surface area contributed by atoms with Gasteiger partial charge in [0.15, 0.2) is 6.23 Å². The minimum atomic E-state index is -1.05. The number of rotatable bonds is 7. The summed E-state index contributed by atoms with van der Waals surface area (Å²) in [6.45, 7) is 4.08. The highest BCUT2D eigenvalue weighted by Crippen LogP contribution is 2.50. The van der Waals surface area contributed by atoms with Crippen molar-refractivity contribution in [2.24, 2.45) is 5.41 Å². The van der Waals surface area contributed by atoms with E-state index in [1.807, 2.05) is 12.1 Å². The van der Waals surface area contributed by atoms with Crippen molar-refractivity contribution in [1.82, 2.24) is 9.88 Å². The molecule has 0 bridgehead atoms. The van der Waals surface area contributed by atoms with Gasteiger partial charge in [-0.25, -0.2) is 0 Å². The Morgan fingerprint density at radius 3 is 2.73 bits per heavy atom. The first kappa shape index (κ1) is 20.8. The van der Waals surface area contributed by atoms with Gasteiger partial charge in [-0.2, -0.15) is 5.26 Å². The zero-order valence-corrected chi connectivity index (χ0v) is 17.8. The Morgan fingerprint density at radius 1 is 1.37 bits per heavy atom. The molecule has 1 atom stereocenters. The predicted octanol–water partition coefficient (Wildman–Crippen LogP) is 4.33. The van der Waals surface area contributed by atoms with Gasteiger partial charge in [0.25, 0.3) is 5.91 Å². The summed E-state index contributed by atoms with van der Waals surface area (Å²) in [6.07, 6.45) is 3.38. The summed E-state index contributed by atoms with van der Waals surface area (Å²) in [7, 11) is 0. The van der Waals surface area contributed by atoms with Crippen molar-refractivity contribution in [1.29, 1.82) is 5.26 Å². The number of benzene rings is 1. The molecule has 156 valence electrons. The van der Waals surface area contributed by atoms with Gasteiger partial charge < -0.3 is 14.7 Å². The first-order valence-corrected chi connectivity index (χ1v) is 10.4. The minimum absolute atomic E-state index is 0.0994. The highest BCUT2D eigenvalue weighted by Gasteiger charge is 2.45. The number of ether oxygens (including phenoxy) is 1. The van der Waals surface area contributed by atoms with E-state index in [1.165, 1.54) is 0 Å². The van der Waals surface area contributed by atoms with Crippen LogP contribution in [0.3, 0.4) is 0 Å². The van der Waals surface area contributed by atoms with Crippen LogP contribution in [0.15, 0.2) is 36.5 Å². The van der Waals surface area contributed by atoms with Crippen molar-refractivity contribution < 1.29 is 14.6 Å². The van der Waals surface area contributed by atoms with Gasteiger partial charge in [-0.1, -0.05) is 23.7 Å². The average molecular weight is 426 g/mol. The first-order chi connectivity index (χ1) is 14.2. The van der Waals surface area contributed by atoms with Crippen molar-refractivity contribution in [3.8, 4) is 6.07 Å². The van der Waals surface area contributed by atoms with E-state index >= 15 is 0 Å². The number of nitrogens with zero attached hydrogens (tertiary/aromatic N) is 3. The predicted molar refractivity (Wildman–Crippen MR) is 111 cm³/mol. The number of carbonyl (C=O) groups is 1. The number of halogens is 1. The summed E-state index contributed by atoms with van der Waals surface area (Å²) in [5, 5.41) is 20.0. The molecule has 1 aliphatic heterocycles. The number of fused-ring (bicyclic) bond motifs is 1. The van der Waals surface area contributed by atoms with Gasteiger partial charge in [-0.05, 0) is 50.5 Å². The Labute approximate surface area is 181 Å². The third-order valence-electron chi connectivity index (χ3n) is 5.88. The Balaban J connectivity index is 1.64. The molecular formula is C23H24ClN3O3. The molecule has 1 amide bonds. The number of nitriles is 1. The zero-order chi connectivity index (χ0) is 21.5. The van der Waals surface area contributed by atoms with E-state index in [9.17, 15) is 9.90 Å². The van der Waals surface area contributed by atoms with Crippen LogP contribution in [0.4, 0.5) is 0 Å². The van der Waals surface area contributed by atoms with Crippen LogP contribution in [0.25, 0.3) is 0 Å². The third-order valence-corrected chi connectivity index (χ3v) is 6.10. The maximum atomic E-state index is 13.3. The molecule has 30 heavy (non-hydrogen) atoms. The Morgan fingerprint density at radius 2 is 2.13 bits per heavy atom. The largest absolute Gasteiger partial charge is 0.386 e. The van der Waals surface area contributed by atoms with Crippen LogP contribution in [-0.4, -0.2) is 27.5 Å². The molecule has 0 radical (unpaired) electrons. The number of amides is 1. The lowest BCUT2D eigenvalue weighted by Crippen LogP contribution is -2.30. The van der Waals surface area contributed by atoms with Gasteiger partial charge in [0.1, 0.15) is 0 Å². The van der Waals surface area contributed by atoms with Crippen LogP contribution in [0, 0.1) is 16.7 Å². The summed E-state index contributed by atoms with van der Waals surface area (Å²) in [4.78, 5) is 19.2. The Hall–Kier alpha value is -2.46. The molecule has 1 unspecified atom stereocenters. The van der Waals surface area contributed by atoms with E-state index in [2.05, 4.69) is 11.1 Å². The van der Waals surface area contributed by atoms with E-state index in [1.54, 1.807) is 43.1 Å². The van der Waals surface area contributed by atoms with Gasteiger partial charge in [-0.3, -0.25) is 9.78 Å². The lowest BCUT2D eigenvalue weighted by atomic mass is 9.94. The normalized spacial score (nSPS) is 19.5. The molecule has 2 heterocycles. The lowest BCUT2D eigenvalue weighted by molar-refractivity contribution is -0.0595. The smallest absolute Gasteiger partial charge is 0.256 e. The molecule has 1 N–H and O–H groups in total. The maximum absolute atomic E-state index is 13.3. The summed E-state index contributed by atoms with van der Waals surface area (Å²) < 4.78 is 6.25. The monoisotopic (exact) mass is 425 g/mol. The van der Waals surface area contributed by atoms with Crippen LogP contribution in [0.2, 0.25) is 5.02 Å². The van der Waals surface area contributed by atoms with Crippen LogP contribution in [0.1, 0.15) is 66.5 Å². The number of aromatic nitrogens is 1. The van der Waals surface area contributed by atoms with Crippen molar-refractivity contribution in [2.75, 3.05) is 6.61 Å². The molecule has 1 fully saturated rings. The van der Waals surface area contributed by atoms with Crippen molar-refractivity contribution in [3.63, 3.8) is 0 Å². The molecule has 2 aromatic rings. The highest BCUT2D eigenvalue weighted by atomic mass is 35.5. The fraction of sp³-hybridized carbons (Fsp3) is 0.435. The van der Waals surface area contributed by atoms with Crippen LogP contribution < -0.4 is 0 Å². The molecule has 0 spiro atoms. The van der Waals surface area contributed by atoms with Gasteiger partial charge in [-0.15, -0.1) is 0 Å². The second-order valence-electron chi connectivity index (χ2n) is 8.76. The molecule has 0 saturated heterocycles. The van der Waals surface area contributed by atoms with Crippen molar-refractivity contribution in [2.45, 2.75) is 51.5 Å². The fourth-order valence-electron chi connectivity index (χ4n) is 3.75. The van der Waals surface area contributed by atoms with Crippen molar-refractivity contribution in [3.05, 3.63) is 63.9 Å². The number of aliphatic hydroxyl groups is 1. The Kier molecular flexibility index (Phi) is 5.31. The summed E-state index contributed by atoms with van der Waals surface area (Å²) in [6, 6.07) is 11.2. The molecule has 1 aliphatic carbocycles. The topological polar surface area (TPSA) is 86.4 Å². The lowest BCUT2D eigenvalue weighted by Gasteiger charge is -2.27. The minimum Gasteiger partial charge on any atom is -0.386 e. The van der Waals surface area contributed by atoms with Crippen LogP contribution in [0.5, 0.6) is 0 Å². The molecule has 1 aromatic heterocycles. The molecule has 6 nitrogen and oxygen atoms in total. The number of pyridine rings is 1. The molecule has 1 aromatic carbocycles. The fourth-order valence-corrected chi connectivity index (χ4v) is 3.86. The summed E-state index contributed by atoms with van der Waals surface area (Å²) in [5.74, 6) is -0.164. The summed E-state index contributed by atoms with van der Waals surface area (Å²) in [5.41, 5.74) is 1.52. The van der Waals surface area contributed by atoms with Crippen molar-refractivity contribution >= 4 is 17.5 Å². The average Bonchev–Trinajstić information content (AvgIpc) is 3.42. The number of hydrogen-bond donors (Lipinski definition) is 1. The van der Waals surface area contributed by atoms with E-state index in [0.717, 1.165) is 18.4 Å². The molecule has 2 aliphatic rings. The summed E-state index contributed by atoms with van der Waals surface area (Å²) >= 11 is 5.94. The number of hydrogen-bond acceptors (Lipinski definition) is 5. The van der Waals surface area contributed by atoms with Gasteiger partial charge in [0.2, 0.25) is 0 Å². The van der Waals surface area contributed by atoms with E-state index in [4.69, 9.17) is 21.6 Å². The molecule has 4 rings (SSSR count). The highest BCUT2D eigenvalue weighted by molar-refractivity contribution is 6.30. The molecular weight excluding hydrogens is 402 g/mol. The quantitative estimate of drug-likeness (QED) is 0.713. The van der Waals surface area contributed by atoms with Crippen LogP contribution in [-0.2, 0) is 16.9 Å². The third kappa shape index (κ3) is 4.06. The second-order valence-corrected chi connectivity index (χ2v) is 9.20. The SMILES string of the molecule is CC(C)(O)c1ccc2c(c1)C(=O)N(Cc1ccc(Cl)cn1)C2OCC1(CC#N)CC1. The van der Waals surface area contributed by atoms with E-state index < -0.39 is 11.8 Å². The standard InChI is InChI=1S/C23H24ClN3O3/c1-22(2,29)15-3-6-18-19(11-15)20(28)27(13-17-5-4-16(24)12-26-17)21(18)30-14-23(7-8-23)9-10-25/h3-6,11-12,21,29H,7-9,13-14H2,1-2H3. The van der Waals surface area contributed by atoms with Crippen LogP contribution >= 0.6 is 11.6 Å². The van der Waals surface area contributed by atoms with Gasteiger partial charge >= 0.3 is 0 Å². The maximum Gasteiger partial charge on any atom is 0.256 e. The first-order valence-electron chi connectivity index (χ1n) is 9.99. The Bertz CT molecular complexity index is 1000.